The van der Waals surface area contributed by atoms with Crippen LogP contribution in [0.3, 0.4) is 0 Å². The number of benzene rings is 1. The molecule has 2 heterocycles. The molecule has 2 fully saturated rings. The zero-order valence-electron chi connectivity index (χ0n) is 12.0. The van der Waals surface area contributed by atoms with Crippen molar-refractivity contribution < 1.29 is 9.53 Å². The molecule has 3 rings (SSSR count). The lowest BCUT2D eigenvalue weighted by molar-refractivity contribution is 0.00739. The number of nitrogens with zero attached hydrogens (tertiary/aromatic N) is 1. The largest absolute Gasteiger partial charge is 0.462 e. The summed E-state index contributed by atoms with van der Waals surface area (Å²) in [7, 11) is 0. The van der Waals surface area contributed by atoms with Crippen LogP contribution >= 0.6 is 0 Å². The normalized spacial score (nSPS) is 26.8. The first kappa shape index (κ1) is 13.6. The van der Waals surface area contributed by atoms with Crippen LogP contribution in [-0.4, -0.2) is 36.6 Å². The molecule has 1 aromatic carbocycles. The average Bonchev–Trinajstić information content (AvgIpc) is 2.53. The molecule has 20 heavy (non-hydrogen) atoms. The van der Waals surface area contributed by atoms with Gasteiger partial charge in [0.1, 0.15) is 0 Å². The number of fused-ring (bicyclic) bond motifs is 1. The molecular weight excluding hydrogens is 250 g/mol. The summed E-state index contributed by atoms with van der Waals surface area (Å²) in [5.41, 5.74) is 0.656. The molecule has 0 spiro atoms. The van der Waals surface area contributed by atoms with Gasteiger partial charge in [-0.3, -0.25) is 4.90 Å². The van der Waals surface area contributed by atoms with Crippen molar-refractivity contribution in [3.05, 3.63) is 35.9 Å². The molecule has 0 aromatic heterocycles. The van der Waals surface area contributed by atoms with Gasteiger partial charge in [-0.05, 0) is 50.9 Å². The number of rotatable bonds is 3. The molecule has 3 heteroatoms. The second-order valence-corrected chi connectivity index (χ2v) is 5.97. The molecule has 2 aliphatic rings. The van der Waals surface area contributed by atoms with Gasteiger partial charge in [0, 0.05) is 12.0 Å². The molecular formula is C17H23NO2. The van der Waals surface area contributed by atoms with E-state index in [9.17, 15) is 4.79 Å². The number of hydrogen-bond donors (Lipinski definition) is 0. The van der Waals surface area contributed by atoms with Gasteiger partial charge < -0.3 is 4.74 Å². The number of ether oxygens (including phenoxy) is 1. The fourth-order valence-corrected chi connectivity index (χ4v) is 3.61. The van der Waals surface area contributed by atoms with Crippen molar-refractivity contribution in [3.63, 3.8) is 0 Å². The van der Waals surface area contributed by atoms with Crippen LogP contribution in [0.1, 0.15) is 42.5 Å². The maximum absolute atomic E-state index is 12.0. The Balaban J connectivity index is 1.56. The topological polar surface area (TPSA) is 29.5 Å². The summed E-state index contributed by atoms with van der Waals surface area (Å²) in [6, 6.07) is 9.94. The molecule has 108 valence electrons. The van der Waals surface area contributed by atoms with Gasteiger partial charge >= 0.3 is 5.97 Å². The van der Waals surface area contributed by atoms with Crippen LogP contribution in [0.15, 0.2) is 30.3 Å². The lowest BCUT2D eigenvalue weighted by Gasteiger charge is -2.44. The van der Waals surface area contributed by atoms with Gasteiger partial charge in [-0.25, -0.2) is 4.79 Å². The third kappa shape index (κ3) is 3.04. The Kier molecular flexibility index (Phi) is 4.36. The van der Waals surface area contributed by atoms with E-state index < -0.39 is 0 Å². The van der Waals surface area contributed by atoms with Crippen LogP contribution in [0.25, 0.3) is 0 Å². The Morgan fingerprint density at radius 1 is 1.10 bits per heavy atom. The number of carbonyl (C=O) groups is 1. The second kappa shape index (κ2) is 6.40. The molecule has 0 radical (unpaired) electrons. The molecule has 2 saturated heterocycles. The Morgan fingerprint density at radius 2 is 1.90 bits per heavy atom. The van der Waals surface area contributed by atoms with Gasteiger partial charge in [0.15, 0.2) is 0 Å². The number of carbonyl (C=O) groups excluding carboxylic acids is 1. The third-order valence-corrected chi connectivity index (χ3v) is 4.67. The first-order valence-corrected chi connectivity index (χ1v) is 7.81. The van der Waals surface area contributed by atoms with Crippen LogP contribution in [0.4, 0.5) is 0 Å². The fraction of sp³-hybridized carbons (Fsp3) is 0.588. The lowest BCUT2D eigenvalue weighted by atomic mass is 9.84. The molecule has 0 saturated carbocycles. The standard InChI is InChI=1S/C17H23NO2/c19-17(14-7-2-1-3-8-14)20-13-15-9-6-12-18-11-5-4-10-16(15)18/h1-3,7-8,15-16H,4-6,9-13H2/t15-,16+/m1/s1. The minimum Gasteiger partial charge on any atom is -0.462 e. The summed E-state index contributed by atoms with van der Waals surface area (Å²) in [5.74, 6) is 0.343. The summed E-state index contributed by atoms with van der Waals surface area (Å²) < 4.78 is 5.55. The number of piperidine rings is 2. The predicted molar refractivity (Wildman–Crippen MR) is 78.7 cm³/mol. The monoisotopic (exact) mass is 273 g/mol. The third-order valence-electron chi connectivity index (χ3n) is 4.67. The van der Waals surface area contributed by atoms with E-state index in [-0.39, 0.29) is 5.97 Å². The smallest absolute Gasteiger partial charge is 0.338 e. The number of esters is 1. The highest BCUT2D eigenvalue weighted by molar-refractivity contribution is 5.89. The van der Waals surface area contributed by atoms with Gasteiger partial charge in [-0.15, -0.1) is 0 Å². The highest BCUT2D eigenvalue weighted by Gasteiger charge is 2.33. The van der Waals surface area contributed by atoms with Crippen molar-refractivity contribution in [2.45, 2.75) is 38.1 Å². The van der Waals surface area contributed by atoms with Gasteiger partial charge in [-0.2, -0.15) is 0 Å². The van der Waals surface area contributed by atoms with Crippen molar-refractivity contribution in [2.75, 3.05) is 19.7 Å². The van der Waals surface area contributed by atoms with Crippen molar-refractivity contribution in [2.24, 2.45) is 5.92 Å². The summed E-state index contributed by atoms with van der Waals surface area (Å²) in [6.45, 7) is 3.04. The summed E-state index contributed by atoms with van der Waals surface area (Å²) in [6.07, 6.45) is 6.36. The van der Waals surface area contributed by atoms with Gasteiger partial charge in [0.2, 0.25) is 0 Å². The van der Waals surface area contributed by atoms with E-state index >= 15 is 0 Å². The molecule has 2 atom stereocenters. The van der Waals surface area contributed by atoms with Crippen molar-refractivity contribution in [1.29, 1.82) is 0 Å². The van der Waals surface area contributed by atoms with Crippen molar-refractivity contribution in [3.8, 4) is 0 Å². The Labute approximate surface area is 120 Å². The molecule has 0 aliphatic carbocycles. The fourth-order valence-electron chi connectivity index (χ4n) is 3.61. The summed E-state index contributed by atoms with van der Waals surface area (Å²) >= 11 is 0. The van der Waals surface area contributed by atoms with Crippen molar-refractivity contribution >= 4 is 5.97 Å². The van der Waals surface area contributed by atoms with Gasteiger partial charge in [0.25, 0.3) is 0 Å². The highest BCUT2D eigenvalue weighted by Crippen LogP contribution is 2.31. The molecule has 1 aromatic rings. The molecule has 0 unspecified atom stereocenters. The Morgan fingerprint density at radius 3 is 2.75 bits per heavy atom. The number of hydrogen-bond acceptors (Lipinski definition) is 3. The predicted octanol–water partition coefficient (Wildman–Crippen LogP) is 3.11. The van der Waals surface area contributed by atoms with E-state index in [1.165, 1.54) is 45.2 Å². The maximum atomic E-state index is 12.0. The van der Waals surface area contributed by atoms with E-state index in [0.717, 1.165) is 0 Å². The minimum atomic E-state index is -0.182. The van der Waals surface area contributed by atoms with E-state index in [1.807, 2.05) is 30.3 Å². The van der Waals surface area contributed by atoms with Crippen LogP contribution in [0, 0.1) is 5.92 Å². The summed E-state index contributed by atoms with van der Waals surface area (Å²) in [4.78, 5) is 14.6. The molecule has 0 N–H and O–H groups in total. The molecule has 0 bridgehead atoms. The molecule has 2 aliphatic heterocycles. The maximum Gasteiger partial charge on any atom is 0.338 e. The zero-order chi connectivity index (χ0) is 13.8. The van der Waals surface area contributed by atoms with Gasteiger partial charge in [0.05, 0.1) is 12.2 Å². The SMILES string of the molecule is O=C(OC[C@H]1CCCN2CCCC[C@@H]12)c1ccccc1. The average molecular weight is 273 g/mol. The first-order valence-electron chi connectivity index (χ1n) is 7.81. The Hall–Kier alpha value is -1.35. The van der Waals surface area contributed by atoms with E-state index in [1.54, 1.807) is 0 Å². The highest BCUT2D eigenvalue weighted by atomic mass is 16.5. The van der Waals surface area contributed by atoms with E-state index in [2.05, 4.69) is 4.90 Å². The van der Waals surface area contributed by atoms with Crippen LogP contribution in [0.5, 0.6) is 0 Å². The van der Waals surface area contributed by atoms with Crippen LogP contribution in [-0.2, 0) is 4.74 Å². The van der Waals surface area contributed by atoms with Crippen LogP contribution in [0.2, 0.25) is 0 Å². The molecule has 3 nitrogen and oxygen atoms in total. The molecule has 0 amide bonds. The van der Waals surface area contributed by atoms with Crippen molar-refractivity contribution in [1.82, 2.24) is 4.90 Å². The first-order chi connectivity index (χ1) is 9.84. The summed E-state index contributed by atoms with van der Waals surface area (Å²) in [5, 5.41) is 0. The Bertz CT molecular complexity index is 444. The van der Waals surface area contributed by atoms with E-state index in [0.29, 0.717) is 24.1 Å². The quantitative estimate of drug-likeness (QED) is 0.793. The zero-order valence-corrected chi connectivity index (χ0v) is 12.0. The minimum absolute atomic E-state index is 0.182. The van der Waals surface area contributed by atoms with E-state index in [4.69, 9.17) is 4.74 Å². The lowest BCUT2D eigenvalue weighted by Crippen LogP contribution is -2.49. The second-order valence-electron chi connectivity index (χ2n) is 5.97. The van der Waals surface area contributed by atoms with Crippen LogP contribution < -0.4 is 0 Å². The van der Waals surface area contributed by atoms with Gasteiger partial charge in [-0.1, -0.05) is 24.6 Å².